The summed E-state index contributed by atoms with van der Waals surface area (Å²) in [6.45, 7) is 6.26. The second kappa shape index (κ2) is 8.85. The first-order valence-electron chi connectivity index (χ1n) is 8.36. The van der Waals surface area contributed by atoms with Crippen LogP contribution in [-0.2, 0) is 4.79 Å². The number of ether oxygens (including phenoxy) is 1. The average molecular weight is 419 g/mol. The molecular weight excluding hydrogens is 396 g/mol. The van der Waals surface area contributed by atoms with E-state index in [9.17, 15) is 9.59 Å². The molecule has 138 valence electrons. The lowest BCUT2D eigenvalue weighted by Crippen LogP contribution is -2.23. The largest absolute Gasteiger partial charge is 0.492 e. The van der Waals surface area contributed by atoms with Gasteiger partial charge in [-0.2, -0.15) is 0 Å². The molecule has 0 atom stereocenters. The van der Waals surface area contributed by atoms with Crippen LogP contribution in [0.2, 0.25) is 0 Å². The van der Waals surface area contributed by atoms with E-state index >= 15 is 0 Å². The molecule has 2 amide bonds. The quantitative estimate of drug-likeness (QED) is 0.737. The Labute approximate surface area is 162 Å². The van der Waals surface area contributed by atoms with Crippen molar-refractivity contribution < 1.29 is 14.3 Å². The third-order valence-electron chi connectivity index (χ3n) is 3.73. The van der Waals surface area contributed by atoms with E-state index in [0.29, 0.717) is 35.2 Å². The minimum atomic E-state index is -0.233. The molecule has 26 heavy (non-hydrogen) atoms. The maximum absolute atomic E-state index is 12.5. The van der Waals surface area contributed by atoms with Gasteiger partial charge in [0.25, 0.3) is 5.91 Å². The molecular formula is C20H23BrN2O3. The number of anilines is 2. The number of carbonyl (C=O) groups is 2. The van der Waals surface area contributed by atoms with E-state index in [0.717, 1.165) is 4.47 Å². The molecule has 0 aliphatic carbocycles. The van der Waals surface area contributed by atoms with Gasteiger partial charge in [-0.05, 0) is 58.2 Å². The Morgan fingerprint density at radius 2 is 1.92 bits per heavy atom. The highest BCUT2D eigenvalue weighted by Crippen LogP contribution is 2.27. The molecule has 0 heterocycles. The first-order chi connectivity index (χ1) is 12.3. The summed E-state index contributed by atoms with van der Waals surface area (Å²) in [5.74, 6) is 0.823. The summed E-state index contributed by atoms with van der Waals surface area (Å²) in [4.78, 5) is 25.5. The van der Waals surface area contributed by atoms with Crippen LogP contribution in [0.4, 0.5) is 11.4 Å². The number of carbonyl (C=O) groups excluding carboxylic acids is 2. The lowest BCUT2D eigenvalue weighted by atomic mass is 10.2. The summed E-state index contributed by atoms with van der Waals surface area (Å²) in [6, 6.07) is 12.4. The van der Waals surface area contributed by atoms with Crippen molar-refractivity contribution in [2.45, 2.75) is 20.8 Å². The Hall–Kier alpha value is -2.34. The first-order valence-corrected chi connectivity index (χ1v) is 9.15. The van der Waals surface area contributed by atoms with Crippen LogP contribution in [0.25, 0.3) is 0 Å². The fraction of sp³-hybridized carbons (Fsp3) is 0.300. The van der Waals surface area contributed by atoms with Crippen LogP contribution >= 0.6 is 15.9 Å². The number of nitrogens with zero attached hydrogens (tertiary/aromatic N) is 1. The summed E-state index contributed by atoms with van der Waals surface area (Å²) in [6.07, 6.45) is 0. The average Bonchev–Trinajstić information content (AvgIpc) is 2.59. The summed E-state index contributed by atoms with van der Waals surface area (Å²) in [7, 11) is 1.69. The van der Waals surface area contributed by atoms with Crippen LogP contribution in [0, 0.1) is 5.92 Å². The minimum absolute atomic E-state index is 0.0746. The van der Waals surface area contributed by atoms with Gasteiger partial charge in [-0.25, -0.2) is 0 Å². The van der Waals surface area contributed by atoms with Crippen LogP contribution in [0.5, 0.6) is 5.75 Å². The molecule has 0 bridgehead atoms. The van der Waals surface area contributed by atoms with E-state index in [1.807, 2.05) is 6.07 Å². The second-order valence-corrected chi connectivity index (χ2v) is 7.29. The maximum Gasteiger partial charge on any atom is 0.255 e. The summed E-state index contributed by atoms with van der Waals surface area (Å²) >= 11 is 3.45. The molecule has 2 aromatic carbocycles. The van der Waals surface area contributed by atoms with E-state index < -0.39 is 0 Å². The second-order valence-electron chi connectivity index (χ2n) is 6.43. The Kier molecular flexibility index (Phi) is 6.80. The Morgan fingerprint density at radius 1 is 1.19 bits per heavy atom. The number of halogens is 1. The SMILES string of the molecule is CC(=O)N(C)c1cccc(NC(=O)c2ccc(OCC(C)C)c(Br)c2)c1. The van der Waals surface area contributed by atoms with Gasteiger partial charge in [0.2, 0.25) is 5.91 Å². The van der Waals surface area contributed by atoms with Crippen molar-refractivity contribution in [1.29, 1.82) is 0 Å². The monoisotopic (exact) mass is 418 g/mol. The molecule has 5 nitrogen and oxygen atoms in total. The van der Waals surface area contributed by atoms with Crippen molar-refractivity contribution in [1.82, 2.24) is 0 Å². The zero-order valence-electron chi connectivity index (χ0n) is 15.4. The number of hydrogen-bond acceptors (Lipinski definition) is 3. The molecule has 0 aliphatic heterocycles. The smallest absolute Gasteiger partial charge is 0.255 e. The molecule has 0 unspecified atom stereocenters. The predicted octanol–water partition coefficient (Wildman–Crippen LogP) is 4.72. The van der Waals surface area contributed by atoms with Crippen molar-refractivity contribution in [2.75, 3.05) is 23.9 Å². The highest BCUT2D eigenvalue weighted by atomic mass is 79.9. The standard InChI is InChI=1S/C20H23BrN2O3/c1-13(2)12-26-19-9-8-15(10-18(19)21)20(25)22-16-6-5-7-17(11-16)23(4)14(3)24/h5-11,13H,12H2,1-4H3,(H,22,25). The van der Waals surface area contributed by atoms with Gasteiger partial charge in [0.15, 0.2) is 0 Å². The van der Waals surface area contributed by atoms with E-state index in [1.54, 1.807) is 43.4 Å². The molecule has 0 fully saturated rings. The topological polar surface area (TPSA) is 58.6 Å². The summed E-state index contributed by atoms with van der Waals surface area (Å²) < 4.78 is 6.43. The van der Waals surface area contributed by atoms with Gasteiger partial charge >= 0.3 is 0 Å². The fourth-order valence-corrected chi connectivity index (χ4v) is 2.69. The third kappa shape index (κ3) is 5.33. The van der Waals surface area contributed by atoms with Crippen LogP contribution in [0.3, 0.4) is 0 Å². The molecule has 0 saturated carbocycles. The van der Waals surface area contributed by atoms with Gasteiger partial charge in [-0.1, -0.05) is 19.9 Å². The molecule has 2 rings (SSSR count). The van der Waals surface area contributed by atoms with Gasteiger partial charge < -0.3 is 15.0 Å². The summed E-state index contributed by atoms with van der Waals surface area (Å²) in [5, 5.41) is 2.85. The van der Waals surface area contributed by atoms with Crippen molar-refractivity contribution >= 4 is 39.1 Å². The van der Waals surface area contributed by atoms with Gasteiger partial charge in [0, 0.05) is 30.9 Å². The van der Waals surface area contributed by atoms with Crippen LogP contribution in [0.1, 0.15) is 31.1 Å². The number of amides is 2. The Morgan fingerprint density at radius 3 is 2.54 bits per heavy atom. The van der Waals surface area contributed by atoms with Gasteiger partial charge in [-0.3, -0.25) is 9.59 Å². The van der Waals surface area contributed by atoms with E-state index in [-0.39, 0.29) is 11.8 Å². The number of hydrogen-bond donors (Lipinski definition) is 1. The van der Waals surface area contributed by atoms with Crippen LogP contribution < -0.4 is 15.0 Å². The first kappa shape index (κ1) is 20.0. The lowest BCUT2D eigenvalue weighted by molar-refractivity contribution is -0.116. The van der Waals surface area contributed by atoms with Gasteiger partial charge in [0.05, 0.1) is 11.1 Å². The molecule has 0 radical (unpaired) electrons. The molecule has 1 N–H and O–H groups in total. The Balaban J connectivity index is 2.11. The Bertz CT molecular complexity index is 805. The zero-order chi connectivity index (χ0) is 19.3. The molecule has 0 spiro atoms. The van der Waals surface area contributed by atoms with Gasteiger partial charge in [0.1, 0.15) is 5.75 Å². The third-order valence-corrected chi connectivity index (χ3v) is 4.35. The van der Waals surface area contributed by atoms with Gasteiger partial charge in [-0.15, -0.1) is 0 Å². The van der Waals surface area contributed by atoms with Crippen LogP contribution in [-0.4, -0.2) is 25.5 Å². The highest BCUT2D eigenvalue weighted by molar-refractivity contribution is 9.10. The normalized spacial score (nSPS) is 10.5. The minimum Gasteiger partial charge on any atom is -0.492 e. The highest BCUT2D eigenvalue weighted by Gasteiger charge is 2.12. The zero-order valence-corrected chi connectivity index (χ0v) is 17.0. The van der Waals surface area contributed by atoms with E-state index in [4.69, 9.17) is 4.74 Å². The number of nitrogens with one attached hydrogen (secondary N) is 1. The fourth-order valence-electron chi connectivity index (χ4n) is 2.19. The van der Waals surface area contributed by atoms with Crippen molar-refractivity contribution in [3.05, 3.63) is 52.5 Å². The van der Waals surface area contributed by atoms with E-state index in [1.165, 1.54) is 11.8 Å². The molecule has 0 saturated heterocycles. The predicted molar refractivity (Wildman–Crippen MR) is 108 cm³/mol. The van der Waals surface area contributed by atoms with Crippen molar-refractivity contribution in [2.24, 2.45) is 5.92 Å². The summed E-state index contributed by atoms with van der Waals surface area (Å²) in [5.41, 5.74) is 1.85. The van der Waals surface area contributed by atoms with Crippen LogP contribution in [0.15, 0.2) is 46.9 Å². The van der Waals surface area contributed by atoms with Crippen molar-refractivity contribution in [3.8, 4) is 5.75 Å². The van der Waals surface area contributed by atoms with E-state index in [2.05, 4.69) is 35.1 Å². The molecule has 0 aromatic heterocycles. The number of rotatable bonds is 6. The number of benzene rings is 2. The maximum atomic E-state index is 12.5. The molecule has 6 heteroatoms. The van der Waals surface area contributed by atoms with Crippen molar-refractivity contribution in [3.63, 3.8) is 0 Å². The molecule has 0 aliphatic rings. The molecule has 2 aromatic rings. The lowest BCUT2D eigenvalue weighted by Gasteiger charge is -2.16.